The number of carbonyl (C=O) groups excluding carboxylic acids is 2. The molecule has 0 radical (unpaired) electrons. The summed E-state index contributed by atoms with van der Waals surface area (Å²) in [5.41, 5.74) is 2.28. The summed E-state index contributed by atoms with van der Waals surface area (Å²) >= 11 is 0. The number of urea groups is 1. The van der Waals surface area contributed by atoms with Gasteiger partial charge in [-0.1, -0.05) is 29.8 Å². The van der Waals surface area contributed by atoms with E-state index < -0.39 is 17.6 Å². The Hall–Kier alpha value is -4.65. The van der Waals surface area contributed by atoms with Crippen LogP contribution in [0.3, 0.4) is 0 Å². The average molecular weight is 446 g/mol. The van der Waals surface area contributed by atoms with E-state index in [1.165, 1.54) is 0 Å². The monoisotopic (exact) mass is 446 g/mol. The van der Waals surface area contributed by atoms with Crippen molar-refractivity contribution in [1.29, 1.82) is 5.26 Å². The summed E-state index contributed by atoms with van der Waals surface area (Å²) < 4.78 is 4.74. The van der Waals surface area contributed by atoms with Gasteiger partial charge in [-0.2, -0.15) is 5.26 Å². The summed E-state index contributed by atoms with van der Waals surface area (Å²) in [4.78, 5) is 42.6. The van der Waals surface area contributed by atoms with Crippen molar-refractivity contribution >= 4 is 29.3 Å². The molecule has 0 fully saturated rings. The molecule has 2 amide bonds. The van der Waals surface area contributed by atoms with Gasteiger partial charge in [0.2, 0.25) is 5.95 Å². The second kappa shape index (κ2) is 10.6. The van der Waals surface area contributed by atoms with Gasteiger partial charge < -0.3 is 20.7 Å². The Morgan fingerprint density at radius 1 is 1.09 bits per heavy atom. The lowest BCUT2D eigenvalue weighted by atomic mass is 10.1. The van der Waals surface area contributed by atoms with Crippen LogP contribution >= 0.6 is 0 Å². The lowest BCUT2D eigenvalue weighted by molar-refractivity contribution is -0.141. The predicted molar refractivity (Wildman–Crippen MR) is 123 cm³/mol. The van der Waals surface area contributed by atoms with E-state index in [2.05, 4.69) is 25.9 Å². The average Bonchev–Trinajstić information content (AvgIpc) is 2.80. The van der Waals surface area contributed by atoms with Crippen molar-refractivity contribution in [2.45, 2.75) is 13.8 Å². The Labute approximate surface area is 189 Å². The normalized spacial score (nSPS) is 10.1. The highest BCUT2D eigenvalue weighted by molar-refractivity contribution is 5.91. The summed E-state index contributed by atoms with van der Waals surface area (Å²) in [7, 11) is 0. The fourth-order valence-corrected chi connectivity index (χ4v) is 2.87. The van der Waals surface area contributed by atoms with Gasteiger partial charge in [0.05, 0.1) is 12.3 Å². The smallest absolute Gasteiger partial charge is 0.325 e. The molecule has 10 heteroatoms. The predicted octanol–water partition coefficient (Wildman–Crippen LogP) is 3.05. The van der Waals surface area contributed by atoms with Crippen molar-refractivity contribution in [2.24, 2.45) is 0 Å². The Balaban J connectivity index is 1.77. The van der Waals surface area contributed by atoms with Crippen LogP contribution in [0, 0.1) is 18.3 Å². The van der Waals surface area contributed by atoms with Crippen molar-refractivity contribution in [2.75, 3.05) is 23.8 Å². The molecule has 168 valence electrons. The van der Waals surface area contributed by atoms with Crippen LogP contribution in [0.15, 0.2) is 53.3 Å². The maximum atomic E-state index is 12.4. The zero-order chi connectivity index (χ0) is 23.8. The molecule has 0 saturated heterocycles. The topological polar surface area (TPSA) is 149 Å². The van der Waals surface area contributed by atoms with Crippen LogP contribution in [0.1, 0.15) is 18.1 Å². The van der Waals surface area contributed by atoms with Crippen molar-refractivity contribution < 1.29 is 14.3 Å². The number of amides is 2. The van der Waals surface area contributed by atoms with Crippen LogP contribution in [0.2, 0.25) is 0 Å². The first kappa shape index (κ1) is 23.0. The van der Waals surface area contributed by atoms with Crippen molar-refractivity contribution in [3.8, 4) is 17.3 Å². The number of esters is 1. The Bertz CT molecular complexity index is 1240. The van der Waals surface area contributed by atoms with E-state index >= 15 is 0 Å². The maximum Gasteiger partial charge on any atom is 0.325 e. The lowest BCUT2D eigenvalue weighted by Crippen LogP contribution is -2.34. The first-order chi connectivity index (χ1) is 15.9. The number of aromatic nitrogens is 2. The molecule has 10 nitrogen and oxygen atoms in total. The SMILES string of the molecule is CCOC(=O)CNC(=O)Nc1ccc(-c2nc(Nc3ccc(C)cc3)[nH]c(=O)c2C#N)cc1. The third-order valence-corrected chi connectivity index (χ3v) is 4.46. The molecule has 3 aromatic rings. The lowest BCUT2D eigenvalue weighted by Gasteiger charge is -2.10. The second-order valence-corrected chi connectivity index (χ2v) is 6.93. The number of rotatable bonds is 7. The minimum absolute atomic E-state index is 0.127. The fraction of sp³-hybridized carbons (Fsp3) is 0.174. The number of aryl methyl sites for hydroxylation is 1. The highest BCUT2D eigenvalue weighted by Crippen LogP contribution is 2.23. The van der Waals surface area contributed by atoms with Crippen LogP contribution in [0.25, 0.3) is 11.3 Å². The number of aromatic amines is 1. The highest BCUT2D eigenvalue weighted by atomic mass is 16.5. The van der Waals surface area contributed by atoms with Crippen LogP contribution in [-0.2, 0) is 9.53 Å². The molecular formula is C23H22N6O4. The molecular weight excluding hydrogens is 424 g/mol. The van der Waals surface area contributed by atoms with E-state index in [-0.39, 0.29) is 30.4 Å². The number of H-pyrrole nitrogens is 1. The van der Waals surface area contributed by atoms with E-state index in [0.717, 1.165) is 11.3 Å². The molecule has 0 spiro atoms. The number of anilines is 3. The molecule has 2 aromatic carbocycles. The number of nitriles is 1. The van der Waals surface area contributed by atoms with Crippen molar-refractivity contribution in [1.82, 2.24) is 15.3 Å². The second-order valence-electron chi connectivity index (χ2n) is 6.93. The third kappa shape index (κ3) is 6.18. The third-order valence-electron chi connectivity index (χ3n) is 4.46. The van der Waals surface area contributed by atoms with Crippen LogP contribution in [0.5, 0.6) is 0 Å². The number of ether oxygens (including phenoxy) is 1. The Morgan fingerprint density at radius 2 is 1.76 bits per heavy atom. The number of nitrogens with one attached hydrogen (secondary N) is 4. The summed E-state index contributed by atoms with van der Waals surface area (Å²) in [5.74, 6) is -0.346. The largest absolute Gasteiger partial charge is 0.465 e. The summed E-state index contributed by atoms with van der Waals surface area (Å²) in [6.45, 7) is 3.62. The van der Waals surface area contributed by atoms with Gasteiger partial charge >= 0.3 is 12.0 Å². The standard InChI is InChI=1S/C23H22N6O4/c1-3-33-19(30)13-25-23(32)27-17-10-6-15(7-11-17)20-18(12-24)21(31)29-22(28-20)26-16-8-4-14(2)5-9-16/h4-11H,3,13H2,1-2H3,(H2,25,27,32)(H2,26,28,29,31). The van der Waals surface area contributed by atoms with E-state index in [4.69, 9.17) is 4.74 Å². The molecule has 4 N–H and O–H groups in total. The minimum atomic E-state index is -0.576. The molecule has 1 aromatic heterocycles. The molecule has 0 atom stereocenters. The fourth-order valence-electron chi connectivity index (χ4n) is 2.87. The Morgan fingerprint density at radius 3 is 2.39 bits per heavy atom. The van der Waals surface area contributed by atoms with Gasteiger partial charge in [0, 0.05) is 16.9 Å². The quantitative estimate of drug-likeness (QED) is 0.408. The Kier molecular flexibility index (Phi) is 7.39. The molecule has 0 saturated carbocycles. The molecule has 0 aliphatic carbocycles. The van der Waals surface area contributed by atoms with Gasteiger partial charge in [0.1, 0.15) is 18.2 Å². The van der Waals surface area contributed by atoms with E-state index in [1.807, 2.05) is 37.3 Å². The van der Waals surface area contributed by atoms with Crippen LogP contribution in [0.4, 0.5) is 22.1 Å². The zero-order valence-corrected chi connectivity index (χ0v) is 18.1. The number of hydrogen-bond donors (Lipinski definition) is 4. The molecule has 0 bridgehead atoms. The first-order valence-electron chi connectivity index (χ1n) is 10.1. The number of hydrogen-bond acceptors (Lipinski definition) is 7. The van der Waals surface area contributed by atoms with Crippen molar-refractivity contribution in [3.05, 3.63) is 70.0 Å². The van der Waals surface area contributed by atoms with Gasteiger partial charge in [-0.3, -0.25) is 14.6 Å². The van der Waals surface area contributed by atoms with Gasteiger partial charge in [-0.15, -0.1) is 0 Å². The molecule has 3 rings (SSSR count). The number of nitrogens with zero attached hydrogens (tertiary/aromatic N) is 2. The van der Waals surface area contributed by atoms with Gasteiger partial charge in [-0.05, 0) is 38.1 Å². The van der Waals surface area contributed by atoms with Crippen LogP contribution in [-0.4, -0.2) is 35.1 Å². The molecule has 1 heterocycles. The summed E-state index contributed by atoms with van der Waals surface area (Å²) in [6, 6.07) is 15.3. The van der Waals surface area contributed by atoms with Gasteiger partial charge in [-0.25, -0.2) is 9.78 Å². The molecule has 33 heavy (non-hydrogen) atoms. The van der Waals surface area contributed by atoms with E-state index in [9.17, 15) is 19.6 Å². The van der Waals surface area contributed by atoms with E-state index in [1.54, 1.807) is 31.2 Å². The molecule has 0 aliphatic rings. The number of carbonyl (C=O) groups is 2. The molecule has 0 unspecified atom stereocenters. The van der Waals surface area contributed by atoms with Gasteiger partial charge in [0.15, 0.2) is 0 Å². The van der Waals surface area contributed by atoms with E-state index in [0.29, 0.717) is 11.3 Å². The van der Waals surface area contributed by atoms with Crippen LogP contribution < -0.4 is 21.5 Å². The molecule has 0 aliphatic heterocycles. The van der Waals surface area contributed by atoms with Gasteiger partial charge in [0.25, 0.3) is 5.56 Å². The zero-order valence-electron chi connectivity index (χ0n) is 18.1. The maximum absolute atomic E-state index is 12.4. The van der Waals surface area contributed by atoms with Crippen molar-refractivity contribution in [3.63, 3.8) is 0 Å². The minimum Gasteiger partial charge on any atom is -0.465 e. The highest BCUT2D eigenvalue weighted by Gasteiger charge is 2.14. The summed E-state index contributed by atoms with van der Waals surface area (Å²) in [5, 5.41) is 17.4. The first-order valence-corrected chi connectivity index (χ1v) is 10.1. The number of benzene rings is 2. The summed E-state index contributed by atoms with van der Waals surface area (Å²) in [6.07, 6.45) is 0.